The number of anilines is 1. The van der Waals surface area contributed by atoms with Crippen LogP contribution < -0.4 is 5.73 Å². The van der Waals surface area contributed by atoms with Gasteiger partial charge in [0.05, 0.1) is 0 Å². The largest absolute Gasteiger partial charge is 0.451 e. The fourth-order valence-corrected chi connectivity index (χ4v) is 3.45. The van der Waals surface area contributed by atoms with E-state index in [1.165, 1.54) is 6.42 Å². The van der Waals surface area contributed by atoms with Gasteiger partial charge in [-0.25, -0.2) is 0 Å². The maximum Gasteiger partial charge on any atom is 0.290 e. The lowest BCUT2D eigenvalue weighted by molar-refractivity contribution is 0.0479. The minimum Gasteiger partial charge on any atom is -0.451 e. The number of nitrogens with zero attached hydrogens (tertiary/aromatic N) is 1. The fourth-order valence-electron chi connectivity index (χ4n) is 3.45. The lowest BCUT2D eigenvalue weighted by Gasteiger charge is -2.38. The molecule has 1 aliphatic rings. The van der Waals surface area contributed by atoms with E-state index in [1.807, 2.05) is 36.1 Å². The zero-order valence-electron chi connectivity index (χ0n) is 14.0. The van der Waals surface area contributed by atoms with Crippen molar-refractivity contribution in [2.75, 3.05) is 5.73 Å². The van der Waals surface area contributed by atoms with Gasteiger partial charge in [0, 0.05) is 23.3 Å². The number of hydrogen-bond donors (Lipinski definition) is 1. The van der Waals surface area contributed by atoms with Gasteiger partial charge in [0.25, 0.3) is 5.91 Å². The molecule has 122 valence electrons. The third-order valence-corrected chi connectivity index (χ3v) is 4.72. The smallest absolute Gasteiger partial charge is 0.290 e. The molecule has 1 fully saturated rings. The molecule has 0 spiro atoms. The van der Waals surface area contributed by atoms with Crippen molar-refractivity contribution in [1.82, 2.24) is 4.90 Å². The Hall–Kier alpha value is -2.23. The highest BCUT2D eigenvalue weighted by atomic mass is 16.4. The van der Waals surface area contributed by atoms with E-state index in [9.17, 15) is 4.79 Å². The Morgan fingerprint density at radius 1 is 1.17 bits per heavy atom. The summed E-state index contributed by atoms with van der Waals surface area (Å²) < 4.78 is 5.83. The molecule has 2 heterocycles. The molecule has 1 amide bonds. The molecule has 0 saturated carbocycles. The van der Waals surface area contributed by atoms with Crippen molar-refractivity contribution in [3.63, 3.8) is 0 Å². The van der Waals surface area contributed by atoms with Crippen LogP contribution in [0.25, 0.3) is 11.3 Å². The SMILES string of the molecule is Cc1ccc(-c2ccc(C(=O)N3[C@H](C)CCC[C@@H]3C)o2)c(N)c1. The van der Waals surface area contributed by atoms with E-state index in [4.69, 9.17) is 10.2 Å². The summed E-state index contributed by atoms with van der Waals surface area (Å²) in [5.74, 6) is 1.00. The zero-order valence-corrected chi connectivity index (χ0v) is 14.0. The first-order valence-corrected chi connectivity index (χ1v) is 8.26. The second-order valence-corrected chi connectivity index (χ2v) is 6.60. The summed E-state index contributed by atoms with van der Waals surface area (Å²) >= 11 is 0. The number of furan rings is 1. The third-order valence-electron chi connectivity index (χ3n) is 4.72. The lowest BCUT2D eigenvalue weighted by atomic mass is 9.97. The maximum atomic E-state index is 12.8. The van der Waals surface area contributed by atoms with E-state index in [-0.39, 0.29) is 18.0 Å². The van der Waals surface area contributed by atoms with E-state index in [2.05, 4.69) is 13.8 Å². The van der Waals surface area contributed by atoms with E-state index in [1.54, 1.807) is 6.07 Å². The number of aryl methyl sites for hydroxylation is 1. The van der Waals surface area contributed by atoms with Crippen LogP contribution in [0.4, 0.5) is 5.69 Å². The van der Waals surface area contributed by atoms with E-state index in [0.29, 0.717) is 17.2 Å². The molecule has 0 radical (unpaired) electrons. The van der Waals surface area contributed by atoms with Crippen molar-refractivity contribution >= 4 is 11.6 Å². The molecule has 3 rings (SSSR count). The summed E-state index contributed by atoms with van der Waals surface area (Å²) in [7, 11) is 0. The summed E-state index contributed by atoms with van der Waals surface area (Å²) in [6.07, 6.45) is 3.28. The highest BCUT2D eigenvalue weighted by Gasteiger charge is 2.31. The Labute approximate surface area is 137 Å². The number of rotatable bonds is 2. The number of hydrogen-bond acceptors (Lipinski definition) is 3. The normalized spacial score (nSPS) is 21.4. The molecule has 2 N–H and O–H groups in total. The number of nitrogen functional groups attached to an aromatic ring is 1. The van der Waals surface area contributed by atoms with Gasteiger partial charge in [0.1, 0.15) is 5.76 Å². The molecule has 2 atom stereocenters. The van der Waals surface area contributed by atoms with Gasteiger partial charge in [-0.1, -0.05) is 6.07 Å². The summed E-state index contributed by atoms with van der Waals surface area (Å²) in [5.41, 5.74) is 8.67. The van der Waals surface area contributed by atoms with Crippen LogP contribution in [0.2, 0.25) is 0 Å². The first-order chi connectivity index (χ1) is 11.0. The second-order valence-electron chi connectivity index (χ2n) is 6.60. The molecule has 1 aromatic heterocycles. The Morgan fingerprint density at radius 3 is 2.52 bits per heavy atom. The first-order valence-electron chi connectivity index (χ1n) is 8.26. The molecule has 23 heavy (non-hydrogen) atoms. The van der Waals surface area contributed by atoms with Crippen LogP contribution in [0.5, 0.6) is 0 Å². The van der Waals surface area contributed by atoms with Gasteiger partial charge in [-0.2, -0.15) is 0 Å². The van der Waals surface area contributed by atoms with Gasteiger partial charge in [0.2, 0.25) is 0 Å². The third kappa shape index (κ3) is 2.98. The summed E-state index contributed by atoms with van der Waals surface area (Å²) in [6, 6.07) is 9.93. The van der Waals surface area contributed by atoms with Crippen molar-refractivity contribution < 1.29 is 9.21 Å². The predicted molar refractivity (Wildman–Crippen MR) is 92.2 cm³/mol. The van der Waals surface area contributed by atoms with Crippen molar-refractivity contribution in [2.45, 2.75) is 52.1 Å². The van der Waals surface area contributed by atoms with Crippen molar-refractivity contribution in [3.05, 3.63) is 41.7 Å². The quantitative estimate of drug-likeness (QED) is 0.844. The summed E-state index contributed by atoms with van der Waals surface area (Å²) in [6.45, 7) is 6.21. The Bertz CT molecular complexity index is 710. The minimum atomic E-state index is -0.0263. The van der Waals surface area contributed by atoms with Crippen molar-refractivity contribution in [2.24, 2.45) is 0 Å². The van der Waals surface area contributed by atoms with E-state index < -0.39 is 0 Å². The number of carbonyl (C=O) groups is 1. The number of piperidine rings is 1. The number of nitrogens with two attached hydrogens (primary N) is 1. The highest BCUT2D eigenvalue weighted by molar-refractivity contribution is 5.93. The molecule has 1 saturated heterocycles. The lowest BCUT2D eigenvalue weighted by Crippen LogP contribution is -2.47. The molecule has 1 aromatic carbocycles. The number of benzene rings is 1. The van der Waals surface area contributed by atoms with Gasteiger partial charge in [-0.05, 0) is 69.9 Å². The second kappa shape index (κ2) is 6.11. The van der Waals surface area contributed by atoms with E-state index >= 15 is 0 Å². The monoisotopic (exact) mass is 312 g/mol. The maximum absolute atomic E-state index is 12.8. The molecule has 4 nitrogen and oxygen atoms in total. The Kier molecular flexibility index (Phi) is 4.16. The Morgan fingerprint density at radius 2 is 1.87 bits per heavy atom. The zero-order chi connectivity index (χ0) is 16.6. The first kappa shape index (κ1) is 15.7. The van der Waals surface area contributed by atoms with Gasteiger partial charge >= 0.3 is 0 Å². The summed E-state index contributed by atoms with van der Waals surface area (Å²) in [5, 5.41) is 0. The van der Waals surface area contributed by atoms with Crippen molar-refractivity contribution in [3.8, 4) is 11.3 Å². The fraction of sp³-hybridized carbons (Fsp3) is 0.421. The average molecular weight is 312 g/mol. The number of likely N-dealkylation sites (tertiary alicyclic amines) is 1. The number of amides is 1. The molecular weight excluding hydrogens is 288 g/mol. The highest BCUT2D eigenvalue weighted by Crippen LogP contribution is 2.30. The molecule has 1 aliphatic heterocycles. The standard InChI is InChI=1S/C19H24N2O2/c1-12-7-8-15(16(20)11-12)17-9-10-18(23-17)19(22)21-13(2)5-4-6-14(21)3/h7-11,13-14H,4-6,20H2,1-3H3/t13-,14+. The topological polar surface area (TPSA) is 59.5 Å². The minimum absolute atomic E-state index is 0.0263. The molecule has 0 unspecified atom stereocenters. The average Bonchev–Trinajstić information content (AvgIpc) is 2.96. The van der Waals surface area contributed by atoms with Crippen LogP contribution in [0.3, 0.4) is 0 Å². The molecule has 4 heteroatoms. The van der Waals surface area contributed by atoms with Crippen molar-refractivity contribution in [1.29, 1.82) is 0 Å². The van der Waals surface area contributed by atoms with Gasteiger partial charge in [-0.3, -0.25) is 4.79 Å². The molecular formula is C19H24N2O2. The van der Waals surface area contributed by atoms with Crippen LogP contribution >= 0.6 is 0 Å². The molecule has 2 aromatic rings. The van der Waals surface area contributed by atoms with Gasteiger partial charge in [0.15, 0.2) is 5.76 Å². The van der Waals surface area contributed by atoms with E-state index in [0.717, 1.165) is 24.0 Å². The van der Waals surface area contributed by atoms with Crippen LogP contribution in [0.15, 0.2) is 34.7 Å². The number of carbonyl (C=O) groups excluding carboxylic acids is 1. The van der Waals surface area contributed by atoms with Crippen LogP contribution in [0.1, 0.15) is 49.2 Å². The molecule has 0 bridgehead atoms. The van der Waals surface area contributed by atoms with Gasteiger partial charge < -0.3 is 15.1 Å². The van der Waals surface area contributed by atoms with Crippen LogP contribution in [-0.2, 0) is 0 Å². The summed E-state index contributed by atoms with van der Waals surface area (Å²) in [4.78, 5) is 14.8. The Balaban J connectivity index is 1.88. The van der Waals surface area contributed by atoms with Crippen LogP contribution in [-0.4, -0.2) is 22.9 Å². The van der Waals surface area contributed by atoms with Gasteiger partial charge in [-0.15, -0.1) is 0 Å². The predicted octanol–water partition coefficient (Wildman–Crippen LogP) is 4.24. The van der Waals surface area contributed by atoms with Crippen LogP contribution in [0, 0.1) is 6.92 Å². The molecule has 0 aliphatic carbocycles.